The van der Waals surface area contributed by atoms with E-state index >= 15 is 0 Å². The third kappa shape index (κ3) is 3.25. The molecule has 1 aromatic carbocycles. The van der Waals surface area contributed by atoms with E-state index in [-0.39, 0.29) is 23.2 Å². The van der Waals surface area contributed by atoms with Crippen LogP contribution in [0.5, 0.6) is 0 Å². The number of aromatic nitrogens is 2. The summed E-state index contributed by atoms with van der Waals surface area (Å²) >= 11 is 0. The van der Waals surface area contributed by atoms with Crippen molar-refractivity contribution in [3.8, 4) is 0 Å². The fourth-order valence-corrected chi connectivity index (χ4v) is 4.39. The highest BCUT2D eigenvalue weighted by atomic mass is 35.5. The number of benzene rings is 1. The van der Waals surface area contributed by atoms with E-state index in [1.807, 2.05) is 0 Å². The van der Waals surface area contributed by atoms with Gasteiger partial charge in [0.15, 0.2) is 5.69 Å². The molecule has 0 fully saturated rings. The number of hydrogen-bond acceptors (Lipinski definition) is 5. The van der Waals surface area contributed by atoms with E-state index in [2.05, 4.69) is 15.5 Å². The van der Waals surface area contributed by atoms with Crippen molar-refractivity contribution in [2.45, 2.75) is 24.3 Å². The maximum atomic E-state index is 13.1. The zero-order valence-electron chi connectivity index (χ0n) is 15.2. The maximum absolute atomic E-state index is 13.1. The lowest BCUT2D eigenvalue weighted by Gasteiger charge is -2.19. The number of amides is 1. The minimum Gasteiger partial charge on any atom is -0.312 e. The topological polar surface area (TPSA) is 98.4 Å². The fourth-order valence-electron chi connectivity index (χ4n) is 3.47. The Kier molecular flexibility index (Phi) is 5.31. The maximum Gasteiger partial charge on any atom is 0.279 e. The molecule has 2 aromatic rings. The molecule has 146 valence electrons. The van der Waals surface area contributed by atoms with Gasteiger partial charge >= 0.3 is 0 Å². The predicted octanol–water partition coefficient (Wildman–Crippen LogP) is 0.930. The van der Waals surface area contributed by atoms with E-state index in [1.165, 1.54) is 18.4 Å². The number of sulfonamides is 1. The summed E-state index contributed by atoms with van der Waals surface area (Å²) in [6.45, 7) is 2.00. The minimum atomic E-state index is -3.55. The lowest BCUT2D eigenvalue weighted by Crippen LogP contribution is -2.32. The molecule has 2 aliphatic rings. The van der Waals surface area contributed by atoms with Crippen molar-refractivity contribution in [1.29, 1.82) is 0 Å². The zero-order valence-corrected chi connectivity index (χ0v) is 16.8. The largest absolute Gasteiger partial charge is 0.312 e. The van der Waals surface area contributed by atoms with Crippen molar-refractivity contribution in [2.24, 2.45) is 0 Å². The molecule has 0 saturated heterocycles. The van der Waals surface area contributed by atoms with Crippen LogP contribution in [0.25, 0.3) is 0 Å². The highest BCUT2D eigenvalue weighted by Gasteiger charge is 2.31. The zero-order chi connectivity index (χ0) is 18.5. The molecule has 1 amide bonds. The first-order valence-corrected chi connectivity index (χ1v) is 9.98. The molecule has 8 nitrogen and oxygen atoms in total. The first kappa shape index (κ1) is 19.8. The third-order valence-corrected chi connectivity index (χ3v) is 6.80. The monoisotopic (exact) mass is 411 g/mol. The van der Waals surface area contributed by atoms with Crippen molar-refractivity contribution < 1.29 is 13.2 Å². The number of carbonyl (C=O) groups excluding carboxylic acids is 1. The van der Waals surface area contributed by atoms with E-state index in [4.69, 9.17) is 0 Å². The lowest BCUT2D eigenvalue weighted by atomic mass is 10.1. The van der Waals surface area contributed by atoms with Gasteiger partial charge in [0.05, 0.1) is 4.90 Å². The predicted molar refractivity (Wildman–Crippen MR) is 104 cm³/mol. The van der Waals surface area contributed by atoms with Crippen LogP contribution in [0.4, 0.5) is 5.69 Å². The van der Waals surface area contributed by atoms with Gasteiger partial charge in [-0.15, -0.1) is 12.4 Å². The summed E-state index contributed by atoms with van der Waals surface area (Å²) in [5, 5.41) is 10.5. The molecule has 0 bridgehead atoms. The Morgan fingerprint density at radius 1 is 1.26 bits per heavy atom. The highest BCUT2D eigenvalue weighted by Crippen LogP contribution is 2.32. The SMILES string of the molecule is CN(C)S(=O)(=O)c1ccc2c(c1)N(C(=O)c1n[nH]c3c1CNCC3)CC2.Cl. The van der Waals surface area contributed by atoms with Crippen molar-refractivity contribution in [3.63, 3.8) is 0 Å². The number of hydrogen-bond donors (Lipinski definition) is 2. The Morgan fingerprint density at radius 2 is 2.04 bits per heavy atom. The van der Waals surface area contributed by atoms with Crippen LogP contribution >= 0.6 is 12.4 Å². The number of nitrogens with one attached hydrogen (secondary N) is 2. The van der Waals surface area contributed by atoms with E-state index in [0.717, 1.165) is 29.8 Å². The Hall–Kier alpha value is -1.94. The molecule has 0 atom stereocenters. The van der Waals surface area contributed by atoms with Gasteiger partial charge in [0.25, 0.3) is 5.91 Å². The Labute approximate surface area is 164 Å². The molecule has 0 radical (unpaired) electrons. The molecular formula is C17H22ClN5O3S. The molecule has 27 heavy (non-hydrogen) atoms. The highest BCUT2D eigenvalue weighted by molar-refractivity contribution is 7.89. The van der Waals surface area contributed by atoms with Gasteiger partial charge in [0.2, 0.25) is 10.0 Å². The normalized spacial score (nSPS) is 16.0. The van der Waals surface area contributed by atoms with E-state index in [1.54, 1.807) is 23.1 Å². The number of rotatable bonds is 3. The molecule has 10 heteroatoms. The Balaban J connectivity index is 0.00000210. The summed E-state index contributed by atoms with van der Waals surface area (Å²) in [6, 6.07) is 4.98. The van der Waals surface area contributed by atoms with Gasteiger partial charge in [-0.2, -0.15) is 5.10 Å². The minimum absolute atomic E-state index is 0. The summed E-state index contributed by atoms with van der Waals surface area (Å²) in [4.78, 5) is 14.9. The number of anilines is 1. The van der Waals surface area contributed by atoms with Crippen LogP contribution in [0.3, 0.4) is 0 Å². The first-order valence-electron chi connectivity index (χ1n) is 8.54. The Bertz CT molecular complexity index is 986. The Morgan fingerprint density at radius 3 is 2.78 bits per heavy atom. The van der Waals surface area contributed by atoms with Crippen molar-refractivity contribution in [3.05, 3.63) is 40.7 Å². The number of halogens is 1. The smallest absolute Gasteiger partial charge is 0.279 e. The second-order valence-electron chi connectivity index (χ2n) is 6.74. The molecule has 3 heterocycles. The fraction of sp³-hybridized carbons (Fsp3) is 0.412. The molecule has 1 aromatic heterocycles. The van der Waals surface area contributed by atoms with Crippen LogP contribution in [0.1, 0.15) is 27.3 Å². The van der Waals surface area contributed by atoms with Gasteiger partial charge in [-0.3, -0.25) is 9.89 Å². The van der Waals surface area contributed by atoms with Gasteiger partial charge in [0.1, 0.15) is 0 Å². The molecular weight excluding hydrogens is 390 g/mol. The van der Waals surface area contributed by atoms with Crippen molar-refractivity contribution in [1.82, 2.24) is 19.8 Å². The molecule has 2 N–H and O–H groups in total. The molecule has 0 saturated carbocycles. The summed E-state index contributed by atoms with van der Waals surface area (Å²) in [5.74, 6) is -0.190. The summed E-state index contributed by atoms with van der Waals surface area (Å²) in [6.07, 6.45) is 1.52. The van der Waals surface area contributed by atoms with Crippen LogP contribution < -0.4 is 10.2 Å². The van der Waals surface area contributed by atoms with Gasteiger partial charge in [-0.25, -0.2) is 12.7 Å². The third-order valence-electron chi connectivity index (χ3n) is 4.98. The molecule has 0 spiro atoms. The standard InChI is InChI=1S/C17H21N5O3S.ClH/c1-21(2)26(24,25)12-4-3-11-6-8-22(15(11)9-12)17(23)16-13-10-18-7-5-14(13)19-20-16;/h3-4,9,18H,5-8,10H2,1-2H3,(H,19,20);1H. The number of carbonyl (C=O) groups is 1. The average Bonchev–Trinajstić information content (AvgIpc) is 3.24. The second kappa shape index (κ2) is 7.23. The van der Waals surface area contributed by atoms with Crippen LogP contribution in [0, 0.1) is 0 Å². The molecule has 0 aliphatic carbocycles. The summed E-state index contributed by atoms with van der Waals surface area (Å²) in [7, 11) is -0.563. The average molecular weight is 412 g/mol. The van der Waals surface area contributed by atoms with Crippen molar-refractivity contribution >= 4 is 34.0 Å². The number of H-pyrrole nitrogens is 1. The number of fused-ring (bicyclic) bond motifs is 2. The van der Waals surface area contributed by atoms with Crippen LogP contribution in [-0.4, -0.2) is 56.0 Å². The van der Waals surface area contributed by atoms with Crippen LogP contribution in [0.15, 0.2) is 23.1 Å². The second-order valence-corrected chi connectivity index (χ2v) is 8.89. The molecule has 2 aliphatic heterocycles. The molecule has 0 unspecified atom stereocenters. The number of nitrogens with zero attached hydrogens (tertiary/aromatic N) is 3. The lowest BCUT2D eigenvalue weighted by molar-refractivity contribution is 0.0983. The quantitative estimate of drug-likeness (QED) is 0.782. The van der Waals surface area contributed by atoms with E-state index < -0.39 is 10.0 Å². The van der Waals surface area contributed by atoms with Crippen molar-refractivity contribution in [2.75, 3.05) is 32.1 Å². The van der Waals surface area contributed by atoms with E-state index in [9.17, 15) is 13.2 Å². The van der Waals surface area contributed by atoms with Gasteiger partial charge in [-0.05, 0) is 24.1 Å². The van der Waals surface area contributed by atoms with Gasteiger partial charge in [0, 0.05) is 57.1 Å². The van der Waals surface area contributed by atoms with Gasteiger partial charge in [-0.1, -0.05) is 6.07 Å². The van der Waals surface area contributed by atoms with Gasteiger partial charge < -0.3 is 10.2 Å². The number of aromatic amines is 1. The summed E-state index contributed by atoms with van der Waals surface area (Å²) < 4.78 is 26.0. The first-order chi connectivity index (χ1) is 12.4. The van der Waals surface area contributed by atoms with Crippen LogP contribution in [0.2, 0.25) is 0 Å². The van der Waals surface area contributed by atoms with Crippen LogP contribution in [-0.2, 0) is 29.4 Å². The summed E-state index contributed by atoms with van der Waals surface area (Å²) in [5.41, 5.74) is 3.94. The molecule has 4 rings (SSSR count). The van der Waals surface area contributed by atoms with E-state index in [0.29, 0.717) is 30.9 Å².